The molecule has 1 heterocycles. The molecule has 1 aliphatic heterocycles. The Morgan fingerprint density at radius 1 is 1.64 bits per heavy atom. The zero-order valence-electron chi connectivity index (χ0n) is 7.12. The SMILES string of the molecule is CC=CCCC1CCC=CO1. The van der Waals surface area contributed by atoms with Crippen LogP contribution in [-0.4, -0.2) is 6.10 Å². The van der Waals surface area contributed by atoms with Gasteiger partial charge in [0.1, 0.15) is 0 Å². The molecule has 0 aromatic rings. The molecule has 0 spiro atoms. The second-order valence-corrected chi connectivity index (χ2v) is 2.85. The van der Waals surface area contributed by atoms with Crippen molar-refractivity contribution in [1.29, 1.82) is 0 Å². The minimum atomic E-state index is 0.469. The van der Waals surface area contributed by atoms with E-state index < -0.39 is 0 Å². The Hall–Kier alpha value is -0.720. The second-order valence-electron chi connectivity index (χ2n) is 2.85. The van der Waals surface area contributed by atoms with Gasteiger partial charge >= 0.3 is 0 Å². The van der Waals surface area contributed by atoms with E-state index in [2.05, 4.69) is 25.2 Å². The summed E-state index contributed by atoms with van der Waals surface area (Å²) in [4.78, 5) is 0. The van der Waals surface area contributed by atoms with Crippen LogP contribution < -0.4 is 0 Å². The highest BCUT2D eigenvalue weighted by atomic mass is 16.5. The van der Waals surface area contributed by atoms with Crippen molar-refractivity contribution >= 4 is 0 Å². The van der Waals surface area contributed by atoms with Gasteiger partial charge in [-0.05, 0) is 38.7 Å². The van der Waals surface area contributed by atoms with E-state index in [1.54, 1.807) is 0 Å². The number of allylic oxidation sites excluding steroid dienone is 3. The summed E-state index contributed by atoms with van der Waals surface area (Å²) in [7, 11) is 0. The molecule has 0 aromatic heterocycles. The van der Waals surface area contributed by atoms with E-state index in [1.165, 1.54) is 12.8 Å². The maximum absolute atomic E-state index is 5.41. The van der Waals surface area contributed by atoms with E-state index >= 15 is 0 Å². The van der Waals surface area contributed by atoms with Crippen molar-refractivity contribution < 1.29 is 4.74 Å². The molecule has 0 radical (unpaired) electrons. The first-order valence-electron chi connectivity index (χ1n) is 4.35. The minimum Gasteiger partial charge on any atom is -0.498 e. The van der Waals surface area contributed by atoms with Gasteiger partial charge in [0, 0.05) is 0 Å². The van der Waals surface area contributed by atoms with Crippen molar-refractivity contribution in [3.63, 3.8) is 0 Å². The highest BCUT2D eigenvalue weighted by Crippen LogP contribution is 2.14. The van der Waals surface area contributed by atoms with E-state index in [1.807, 2.05) is 6.26 Å². The van der Waals surface area contributed by atoms with Crippen molar-refractivity contribution in [1.82, 2.24) is 0 Å². The topological polar surface area (TPSA) is 9.23 Å². The summed E-state index contributed by atoms with van der Waals surface area (Å²) in [5.74, 6) is 0. The fraction of sp³-hybridized carbons (Fsp3) is 0.600. The van der Waals surface area contributed by atoms with Crippen molar-refractivity contribution in [3.8, 4) is 0 Å². The average molecular weight is 152 g/mol. The first-order valence-corrected chi connectivity index (χ1v) is 4.35. The molecule has 0 amide bonds. The zero-order valence-corrected chi connectivity index (χ0v) is 7.12. The Morgan fingerprint density at radius 2 is 2.55 bits per heavy atom. The largest absolute Gasteiger partial charge is 0.498 e. The van der Waals surface area contributed by atoms with Crippen LogP contribution in [0.5, 0.6) is 0 Å². The average Bonchev–Trinajstić information content (AvgIpc) is 2.07. The van der Waals surface area contributed by atoms with Crippen molar-refractivity contribution in [3.05, 3.63) is 24.5 Å². The van der Waals surface area contributed by atoms with E-state index in [0.717, 1.165) is 12.8 Å². The minimum absolute atomic E-state index is 0.469. The maximum Gasteiger partial charge on any atom is 0.0984 e. The molecule has 1 atom stereocenters. The van der Waals surface area contributed by atoms with Gasteiger partial charge in [0.15, 0.2) is 0 Å². The molecule has 0 bridgehead atoms. The fourth-order valence-electron chi connectivity index (χ4n) is 1.25. The quantitative estimate of drug-likeness (QED) is 0.565. The van der Waals surface area contributed by atoms with Gasteiger partial charge < -0.3 is 4.74 Å². The van der Waals surface area contributed by atoms with Crippen LogP contribution in [-0.2, 0) is 4.74 Å². The molecule has 1 heteroatoms. The van der Waals surface area contributed by atoms with Crippen LogP contribution in [0, 0.1) is 0 Å². The number of hydrogen-bond acceptors (Lipinski definition) is 1. The Balaban J connectivity index is 2.11. The molecule has 0 fully saturated rings. The van der Waals surface area contributed by atoms with Crippen molar-refractivity contribution in [2.45, 2.75) is 38.7 Å². The van der Waals surface area contributed by atoms with Gasteiger partial charge in [0.2, 0.25) is 0 Å². The van der Waals surface area contributed by atoms with Gasteiger partial charge in [-0.25, -0.2) is 0 Å². The molecule has 1 rings (SSSR count). The molecule has 1 nitrogen and oxygen atoms in total. The van der Waals surface area contributed by atoms with Crippen LogP contribution in [0.1, 0.15) is 32.6 Å². The monoisotopic (exact) mass is 152 g/mol. The summed E-state index contributed by atoms with van der Waals surface area (Å²) < 4.78 is 5.41. The number of ether oxygens (including phenoxy) is 1. The van der Waals surface area contributed by atoms with Crippen molar-refractivity contribution in [2.75, 3.05) is 0 Å². The second kappa shape index (κ2) is 5.00. The smallest absolute Gasteiger partial charge is 0.0984 e. The first kappa shape index (κ1) is 8.38. The summed E-state index contributed by atoms with van der Waals surface area (Å²) in [6.45, 7) is 2.06. The van der Waals surface area contributed by atoms with Crippen LogP contribution in [0.3, 0.4) is 0 Å². The molecule has 0 N–H and O–H groups in total. The molecule has 0 aromatic carbocycles. The van der Waals surface area contributed by atoms with Gasteiger partial charge in [-0.1, -0.05) is 12.2 Å². The normalized spacial score (nSPS) is 23.9. The number of rotatable bonds is 3. The van der Waals surface area contributed by atoms with E-state index in [9.17, 15) is 0 Å². The van der Waals surface area contributed by atoms with Gasteiger partial charge in [0.05, 0.1) is 12.4 Å². The lowest BCUT2D eigenvalue weighted by Gasteiger charge is -2.18. The Bertz CT molecular complexity index is 147. The lowest BCUT2D eigenvalue weighted by Crippen LogP contribution is -2.11. The lowest BCUT2D eigenvalue weighted by molar-refractivity contribution is 0.117. The van der Waals surface area contributed by atoms with Gasteiger partial charge in [-0.3, -0.25) is 0 Å². The van der Waals surface area contributed by atoms with Gasteiger partial charge in [-0.15, -0.1) is 0 Å². The molecule has 0 aliphatic carbocycles. The third-order valence-corrected chi connectivity index (χ3v) is 1.91. The molecule has 1 unspecified atom stereocenters. The molecule has 0 saturated carbocycles. The highest BCUT2D eigenvalue weighted by molar-refractivity contribution is 4.84. The molecule has 0 saturated heterocycles. The van der Waals surface area contributed by atoms with Gasteiger partial charge in [0.25, 0.3) is 0 Å². The van der Waals surface area contributed by atoms with Crippen LogP contribution in [0.4, 0.5) is 0 Å². The third-order valence-electron chi connectivity index (χ3n) is 1.91. The Labute approximate surface area is 68.8 Å². The number of hydrogen-bond donors (Lipinski definition) is 0. The van der Waals surface area contributed by atoms with E-state index in [-0.39, 0.29) is 0 Å². The molecule has 62 valence electrons. The van der Waals surface area contributed by atoms with E-state index in [4.69, 9.17) is 4.74 Å². The summed E-state index contributed by atoms with van der Waals surface area (Å²) in [5, 5.41) is 0. The van der Waals surface area contributed by atoms with Crippen LogP contribution in [0.25, 0.3) is 0 Å². The van der Waals surface area contributed by atoms with Gasteiger partial charge in [-0.2, -0.15) is 0 Å². The third kappa shape index (κ3) is 3.26. The zero-order chi connectivity index (χ0) is 7.94. The molecular weight excluding hydrogens is 136 g/mol. The summed E-state index contributed by atoms with van der Waals surface area (Å²) in [6, 6.07) is 0. The predicted molar refractivity (Wildman–Crippen MR) is 47.3 cm³/mol. The first-order chi connectivity index (χ1) is 5.43. The van der Waals surface area contributed by atoms with Crippen LogP contribution in [0.2, 0.25) is 0 Å². The standard InChI is InChI=1S/C10H16O/c1-2-3-4-7-10-8-5-6-9-11-10/h2-3,6,9-10H,4-5,7-8H2,1H3. The van der Waals surface area contributed by atoms with Crippen LogP contribution >= 0.6 is 0 Å². The molecule has 11 heavy (non-hydrogen) atoms. The molecule has 1 aliphatic rings. The Morgan fingerprint density at radius 3 is 3.18 bits per heavy atom. The fourth-order valence-corrected chi connectivity index (χ4v) is 1.25. The summed E-state index contributed by atoms with van der Waals surface area (Å²) in [5.41, 5.74) is 0. The predicted octanol–water partition coefficient (Wildman–Crippen LogP) is 3.04. The van der Waals surface area contributed by atoms with Crippen molar-refractivity contribution in [2.24, 2.45) is 0 Å². The van der Waals surface area contributed by atoms with Crippen LogP contribution in [0.15, 0.2) is 24.5 Å². The maximum atomic E-state index is 5.41. The summed E-state index contributed by atoms with van der Waals surface area (Å²) in [6.07, 6.45) is 13.4. The summed E-state index contributed by atoms with van der Waals surface area (Å²) >= 11 is 0. The lowest BCUT2D eigenvalue weighted by atomic mass is 10.1. The Kier molecular flexibility index (Phi) is 3.81. The van der Waals surface area contributed by atoms with E-state index in [0.29, 0.717) is 6.10 Å². The highest BCUT2D eigenvalue weighted by Gasteiger charge is 2.08. The molecular formula is C10H16O.